The highest BCUT2D eigenvalue weighted by molar-refractivity contribution is 7.90. The van der Waals surface area contributed by atoms with Gasteiger partial charge in [0.1, 0.15) is 0 Å². The predicted octanol–water partition coefficient (Wildman–Crippen LogP) is 2.44. The van der Waals surface area contributed by atoms with E-state index >= 15 is 0 Å². The lowest BCUT2D eigenvalue weighted by atomic mass is 10.2. The molecular weight excluding hydrogens is 292 g/mol. The van der Waals surface area contributed by atoms with Gasteiger partial charge in [0.05, 0.1) is 10.4 Å². The summed E-state index contributed by atoms with van der Waals surface area (Å²) in [5, 5.41) is 4.80. The normalized spacial score (nSPS) is 12.1. The predicted molar refractivity (Wildman–Crippen MR) is 81.6 cm³/mol. The zero-order valence-electron chi connectivity index (χ0n) is 10.7. The second-order valence-electron chi connectivity index (χ2n) is 4.48. The van der Waals surface area contributed by atoms with Gasteiger partial charge in [0.15, 0.2) is 0 Å². The number of aromatic nitrogens is 1. The van der Waals surface area contributed by atoms with Crippen molar-refractivity contribution in [2.75, 3.05) is 6.54 Å². The maximum atomic E-state index is 12.7. The zero-order chi connectivity index (χ0) is 14.2. The van der Waals surface area contributed by atoms with E-state index in [0.717, 1.165) is 16.5 Å². The number of hydrogen-bond donors (Lipinski definition) is 1. The van der Waals surface area contributed by atoms with E-state index in [4.69, 9.17) is 5.73 Å². The van der Waals surface area contributed by atoms with E-state index in [1.54, 1.807) is 36.5 Å². The number of fused-ring (bicyclic) bond motifs is 1. The number of nitrogens with two attached hydrogens (primary N) is 1. The minimum Gasteiger partial charge on any atom is -0.330 e. The Labute approximate surface area is 121 Å². The molecule has 104 valence electrons. The van der Waals surface area contributed by atoms with Crippen LogP contribution in [0.2, 0.25) is 0 Å². The van der Waals surface area contributed by atoms with Gasteiger partial charge in [0.25, 0.3) is 10.0 Å². The second-order valence-corrected chi connectivity index (χ2v) is 7.04. The number of benzene rings is 1. The standard InChI is InChI=1S/C14H14N2O2S2/c15-7-6-11-8-16(14-10-19-9-13(11)14)20(17,18)12-4-2-1-3-5-12/h1-5,8-10H,6-7,15H2. The minimum absolute atomic E-state index is 0.294. The fourth-order valence-corrected chi connectivity index (χ4v) is 4.56. The Balaban J connectivity index is 2.22. The average Bonchev–Trinajstić information content (AvgIpc) is 3.04. The van der Waals surface area contributed by atoms with Crippen molar-refractivity contribution < 1.29 is 8.42 Å². The van der Waals surface area contributed by atoms with Crippen molar-refractivity contribution in [3.63, 3.8) is 0 Å². The van der Waals surface area contributed by atoms with Gasteiger partial charge in [-0.15, -0.1) is 11.3 Å². The summed E-state index contributed by atoms with van der Waals surface area (Å²) < 4.78 is 26.8. The molecule has 4 nitrogen and oxygen atoms in total. The molecule has 0 amide bonds. The summed E-state index contributed by atoms with van der Waals surface area (Å²) in [6, 6.07) is 8.46. The van der Waals surface area contributed by atoms with Gasteiger partial charge in [-0.25, -0.2) is 12.4 Å². The van der Waals surface area contributed by atoms with E-state index in [9.17, 15) is 8.42 Å². The van der Waals surface area contributed by atoms with Gasteiger partial charge < -0.3 is 5.73 Å². The molecule has 0 aliphatic carbocycles. The molecule has 6 heteroatoms. The summed E-state index contributed by atoms with van der Waals surface area (Å²) in [4.78, 5) is 0.294. The van der Waals surface area contributed by atoms with Crippen LogP contribution in [0.5, 0.6) is 0 Å². The van der Waals surface area contributed by atoms with Crippen LogP contribution >= 0.6 is 11.3 Å². The molecule has 1 aromatic carbocycles. The molecule has 0 saturated heterocycles. The molecule has 0 spiro atoms. The lowest BCUT2D eigenvalue weighted by molar-refractivity contribution is 0.589. The van der Waals surface area contributed by atoms with Gasteiger partial charge in [-0.3, -0.25) is 0 Å². The summed E-state index contributed by atoms with van der Waals surface area (Å²) in [5.41, 5.74) is 7.29. The first-order valence-corrected chi connectivity index (χ1v) is 8.59. The lowest BCUT2D eigenvalue weighted by Gasteiger charge is -2.06. The van der Waals surface area contributed by atoms with E-state index in [2.05, 4.69) is 0 Å². The second kappa shape index (κ2) is 5.05. The van der Waals surface area contributed by atoms with Gasteiger partial charge >= 0.3 is 0 Å². The van der Waals surface area contributed by atoms with E-state index < -0.39 is 10.0 Å². The van der Waals surface area contributed by atoms with E-state index in [1.807, 2.05) is 10.8 Å². The van der Waals surface area contributed by atoms with Crippen LogP contribution in [0, 0.1) is 0 Å². The third kappa shape index (κ3) is 2.06. The van der Waals surface area contributed by atoms with Crippen LogP contribution in [-0.2, 0) is 16.4 Å². The quantitative estimate of drug-likeness (QED) is 0.805. The van der Waals surface area contributed by atoms with Gasteiger partial charge in [0.2, 0.25) is 0 Å². The van der Waals surface area contributed by atoms with Crippen LogP contribution in [0.4, 0.5) is 0 Å². The first kappa shape index (κ1) is 13.4. The smallest absolute Gasteiger partial charge is 0.268 e. The fraction of sp³-hybridized carbons (Fsp3) is 0.143. The van der Waals surface area contributed by atoms with Crippen molar-refractivity contribution in [1.29, 1.82) is 0 Å². The fourth-order valence-electron chi connectivity index (χ4n) is 2.24. The van der Waals surface area contributed by atoms with Crippen molar-refractivity contribution in [1.82, 2.24) is 3.97 Å². The van der Waals surface area contributed by atoms with Crippen LogP contribution < -0.4 is 5.73 Å². The van der Waals surface area contributed by atoms with Crippen LogP contribution in [0.3, 0.4) is 0 Å². The Kier molecular flexibility index (Phi) is 3.37. The van der Waals surface area contributed by atoms with Crippen molar-refractivity contribution >= 4 is 32.3 Å². The Morgan fingerprint density at radius 1 is 1.15 bits per heavy atom. The largest absolute Gasteiger partial charge is 0.330 e. The van der Waals surface area contributed by atoms with Crippen molar-refractivity contribution in [3.8, 4) is 0 Å². The molecule has 0 aliphatic rings. The lowest BCUT2D eigenvalue weighted by Crippen LogP contribution is -2.11. The highest BCUT2D eigenvalue weighted by Gasteiger charge is 2.21. The van der Waals surface area contributed by atoms with Gasteiger partial charge in [0, 0.05) is 22.3 Å². The van der Waals surface area contributed by atoms with Crippen molar-refractivity contribution in [3.05, 3.63) is 52.9 Å². The molecule has 20 heavy (non-hydrogen) atoms. The Morgan fingerprint density at radius 3 is 2.60 bits per heavy atom. The molecule has 2 heterocycles. The molecule has 0 aliphatic heterocycles. The maximum absolute atomic E-state index is 12.7. The summed E-state index contributed by atoms with van der Waals surface area (Å²) in [5.74, 6) is 0. The highest BCUT2D eigenvalue weighted by Crippen LogP contribution is 2.29. The molecule has 2 N–H and O–H groups in total. The number of thiophene rings is 1. The Hall–Kier alpha value is -1.63. The summed E-state index contributed by atoms with van der Waals surface area (Å²) in [6.07, 6.45) is 2.36. The van der Waals surface area contributed by atoms with Crippen LogP contribution in [0.15, 0.2) is 52.2 Å². The summed E-state index contributed by atoms with van der Waals surface area (Å²) in [7, 11) is -3.55. The molecule has 2 aromatic heterocycles. The average molecular weight is 306 g/mol. The highest BCUT2D eigenvalue weighted by atomic mass is 32.2. The number of rotatable bonds is 4. The molecule has 3 aromatic rings. The monoisotopic (exact) mass is 306 g/mol. The minimum atomic E-state index is -3.55. The molecule has 0 saturated carbocycles. The first-order chi connectivity index (χ1) is 9.64. The summed E-state index contributed by atoms with van der Waals surface area (Å²) >= 11 is 1.50. The van der Waals surface area contributed by atoms with Crippen LogP contribution in [0.1, 0.15) is 5.56 Å². The molecule has 3 rings (SSSR count). The van der Waals surface area contributed by atoms with Crippen LogP contribution in [-0.4, -0.2) is 18.9 Å². The third-order valence-electron chi connectivity index (χ3n) is 3.21. The van der Waals surface area contributed by atoms with Crippen molar-refractivity contribution in [2.24, 2.45) is 5.73 Å². The SMILES string of the molecule is NCCc1cn(S(=O)(=O)c2ccccc2)c2cscc12. The molecule has 0 radical (unpaired) electrons. The molecule has 0 unspecified atom stereocenters. The molecular formula is C14H14N2O2S2. The number of hydrogen-bond acceptors (Lipinski definition) is 4. The van der Waals surface area contributed by atoms with E-state index in [1.165, 1.54) is 15.3 Å². The van der Waals surface area contributed by atoms with E-state index in [-0.39, 0.29) is 0 Å². The Morgan fingerprint density at radius 2 is 1.90 bits per heavy atom. The third-order valence-corrected chi connectivity index (χ3v) is 5.63. The maximum Gasteiger partial charge on any atom is 0.268 e. The van der Waals surface area contributed by atoms with E-state index in [0.29, 0.717) is 17.9 Å². The van der Waals surface area contributed by atoms with Crippen LogP contribution in [0.25, 0.3) is 10.9 Å². The van der Waals surface area contributed by atoms with Gasteiger partial charge in [-0.1, -0.05) is 18.2 Å². The van der Waals surface area contributed by atoms with Crippen molar-refractivity contribution in [2.45, 2.75) is 11.3 Å². The number of nitrogens with zero attached hydrogens (tertiary/aromatic N) is 1. The molecule has 0 fully saturated rings. The molecule has 0 atom stereocenters. The topological polar surface area (TPSA) is 65.1 Å². The summed E-state index contributed by atoms with van der Waals surface area (Å²) in [6.45, 7) is 0.500. The van der Waals surface area contributed by atoms with Gasteiger partial charge in [-0.2, -0.15) is 0 Å². The van der Waals surface area contributed by atoms with Gasteiger partial charge in [-0.05, 0) is 30.7 Å². The first-order valence-electron chi connectivity index (χ1n) is 6.21. The Bertz CT molecular complexity index is 833. The zero-order valence-corrected chi connectivity index (χ0v) is 12.3. The molecule has 0 bridgehead atoms.